The smallest absolute Gasteiger partial charge is 0.233 e. The van der Waals surface area contributed by atoms with Gasteiger partial charge >= 0.3 is 0 Å². The van der Waals surface area contributed by atoms with Crippen LogP contribution in [0.15, 0.2) is 59.6 Å². The van der Waals surface area contributed by atoms with E-state index in [1.165, 1.54) is 17.3 Å². The van der Waals surface area contributed by atoms with Crippen molar-refractivity contribution in [2.45, 2.75) is 43.4 Å². The number of nitrogens with zero attached hydrogens (tertiary/aromatic N) is 2. The van der Waals surface area contributed by atoms with E-state index < -0.39 is 0 Å². The average molecular weight is 380 g/mol. The molecule has 0 aliphatic rings. The van der Waals surface area contributed by atoms with Gasteiger partial charge in [0.25, 0.3) is 0 Å². The molecule has 0 aliphatic heterocycles. The molecule has 1 aromatic heterocycles. The standard InChI is InChI=1S/C22H25N3OS/c1-4-17(18-10-6-5-7-11-18)14-23-21(26)15(2)27-22-19-12-8-9-13-20(19)24-16(3)25-22/h5-13,15,17H,4,14H2,1-3H3,(H,23,26)/t15-,17-/m0/s1. The van der Waals surface area contributed by atoms with Crippen LogP contribution in [0, 0.1) is 6.92 Å². The van der Waals surface area contributed by atoms with Crippen molar-refractivity contribution < 1.29 is 4.79 Å². The van der Waals surface area contributed by atoms with Crippen LogP contribution in [-0.2, 0) is 4.79 Å². The number of carbonyl (C=O) groups is 1. The van der Waals surface area contributed by atoms with Gasteiger partial charge in [-0.2, -0.15) is 0 Å². The van der Waals surface area contributed by atoms with E-state index in [1.54, 1.807) is 0 Å². The van der Waals surface area contributed by atoms with Gasteiger partial charge in [-0.15, -0.1) is 0 Å². The number of para-hydroxylation sites is 1. The van der Waals surface area contributed by atoms with Crippen LogP contribution in [0.4, 0.5) is 0 Å². The third kappa shape index (κ3) is 4.86. The lowest BCUT2D eigenvalue weighted by atomic mass is 9.96. The molecule has 3 aromatic rings. The minimum atomic E-state index is -0.226. The van der Waals surface area contributed by atoms with Crippen LogP contribution in [0.5, 0.6) is 0 Å². The highest BCUT2D eigenvalue weighted by molar-refractivity contribution is 8.00. The Balaban J connectivity index is 1.66. The van der Waals surface area contributed by atoms with E-state index in [9.17, 15) is 4.79 Å². The summed E-state index contributed by atoms with van der Waals surface area (Å²) in [6.45, 7) is 6.61. The SMILES string of the molecule is CC[C@@H](CNC(=O)[C@H](C)Sc1nc(C)nc2ccccc12)c1ccccc1. The molecular formula is C22H25N3OS. The number of nitrogens with one attached hydrogen (secondary N) is 1. The molecule has 1 N–H and O–H groups in total. The summed E-state index contributed by atoms with van der Waals surface area (Å²) in [5.74, 6) is 1.09. The second-order valence-electron chi connectivity index (χ2n) is 6.61. The largest absolute Gasteiger partial charge is 0.355 e. The molecule has 0 saturated heterocycles. The summed E-state index contributed by atoms with van der Waals surface area (Å²) >= 11 is 1.49. The van der Waals surface area contributed by atoms with E-state index in [4.69, 9.17) is 0 Å². The Labute approximate surface area is 164 Å². The van der Waals surface area contributed by atoms with E-state index in [2.05, 4.69) is 34.3 Å². The zero-order valence-corrected chi connectivity index (χ0v) is 16.8. The van der Waals surface area contributed by atoms with E-state index >= 15 is 0 Å². The summed E-state index contributed by atoms with van der Waals surface area (Å²) in [7, 11) is 0. The zero-order valence-electron chi connectivity index (χ0n) is 16.0. The molecule has 0 saturated carbocycles. The quantitative estimate of drug-likeness (QED) is 0.476. The van der Waals surface area contributed by atoms with Gasteiger partial charge in [-0.1, -0.05) is 67.2 Å². The predicted octanol–water partition coefficient (Wildman–Crippen LogP) is 4.73. The molecule has 5 heteroatoms. The first kappa shape index (κ1) is 19.4. The van der Waals surface area contributed by atoms with Gasteiger partial charge in [0.1, 0.15) is 10.9 Å². The summed E-state index contributed by atoms with van der Waals surface area (Å²) in [5.41, 5.74) is 2.17. The third-order valence-electron chi connectivity index (χ3n) is 4.62. The summed E-state index contributed by atoms with van der Waals surface area (Å²) in [5, 5.41) is 4.73. The third-order valence-corrected chi connectivity index (χ3v) is 5.73. The average Bonchev–Trinajstić information content (AvgIpc) is 2.69. The molecule has 2 aromatic carbocycles. The molecule has 0 fully saturated rings. The number of benzene rings is 2. The number of aryl methyl sites for hydroxylation is 1. The van der Waals surface area contributed by atoms with Crippen LogP contribution < -0.4 is 5.32 Å². The molecule has 0 radical (unpaired) electrons. The molecular weight excluding hydrogens is 354 g/mol. The lowest BCUT2D eigenvalue weighted by Gasteiger charge is -2.18. The molecule has 1 amide bonds. The van der Waals surface area contributed by atoms with Gasteiger partial charge in [-0.3, -0.25) is 4.79 Å². The monoisotopic (exact) mass is 379 g/mol. The minimum Gasteiger partial charge on any atom is -0.355 e. The van der Waals surface area contributed by atoms with Crippen LogP contribution in [-0.4, -0.2) is 27.7 Å². The van der Waals surface area contributed by atoms with Gasteiger partial charge in [0.15, 0.2) is 0 Å². The fourth-order valence-electron chi connectivity index (χ4n) is 3.06. The predicted molar refractivity (Wildman–Crippen MR) is 112 cm³/mol. The van der Waals surface area contributed by atoms with Crippen molar-refractivity contribution in [3.63, 3.8) is 0 Å². The maximum absolute atomic E-state index is 12.6. The lowest BCUT2D eigenvalue weighted by molar-refractivity contribution is -0.120. The second-order valence-corrected chi connectivity index (χ2v) is 7.94. The van der Waals surface area contributed by atoms with Gasteiger partial charge in [0, 0.05) is 17.8 Å². The molecule has 0 unspecified atom stereocenters. The van der Waals surface area contributed by atoms with Gasteiger partial charge < -0.3 is 5.32 Å². The number of aromatic nitrogens is 2. The van der Waals surface area contributed by atoms with E-state index in [0.29, 0.717) is 12.5 Å². The van der Waals surface area contributed by atoms with E-state index in [0.717, 1.165) is 28.2 Å². The maximum Gasteiger partial charge on any atom is 0.233 e. The fraction of sp³-hybridized carbons (Fsp3) is 0.318. The number of rotatable bonds is 7. The highest BCUT2D eigenvalue weighted by atomic mass is 32.2. The Kier molecular flexibility index (Phi) is 6.45. The number of thioether (sulfide) groups is 1. The van der Waals surface area contributed by atoms with Crippen LogP contribution in [0.1, 0.15) is 37.6 Å². The number of fused-ring (bicyclic) bond motifs is 1. The zero-order chi connectivity index (χ0) is 19.2. The molecule has 27 heavy (non-hydrogen) atoms. The molecule has 2 atom stereocenters. The first-order valence-electron chi connectivity index (χ1n) is 9.31. The normalized spacial score (nSPS) is 13.3. The van der Waals surface area contributed by atoms with Crippen molar-refractivity contribution in [3.8, 4) is 0 Å². The Bertz CT molecular complexity index is 914. The van der Waals surface area contributed by atoms with Crippen LogP contribution in [0.25, 0.3) is 10.9 Å². The second kappa shape index (κ2) is 9.00. The molecule has 1 heterocycles. The summed E-state index contributed by atoms with van der Waals surface area (Å²) in [4.78, 5) is 21.7. The number of hydrogen-bond acceptors (Lipinski definition) is 4. The highest BCUT2D eigenvalue weighted by Crippen LogP contribution is 2.28. The van der Waals surface area contributed by atoms with Crippen molar-refractivity contribution in [1.29, 1.82) is 0 Å². The Morgan fingerprint density at radius 2 is 1.78 bits per heavy atom. The number of amides is 1. The van der Waals surface area contributed by atoms with Crippen molar-refractivity contribution in [2.75, 3.05) is 6.54 Å². The first-order chi connectivity index (χ1) is 13.1. The summed E-state index contributed by atoms with van der Waals surface area (Å²) in [6.07, 6.45) is 0.988. The fourth-order valence-corrected chi connectivity index (χ4v) is 4.07. The van der Waals surface area contributed by atoms with Crippen molar-refractivity contribution >= 4 is 28.6 Å². The Morgan fingerprint density at radius 1 is 1.07 bits per heavy atom. The van der Waals surface area contributed by atoms with Crippen molar-refractivity contribution in [2.24, 2.45) is 0 Å². The topological polar surface area (TPSA) is 54.9 Å². The summed E-state index contributed by atoms with van der Waals surface area (Å²) in [6, 6.07) is 18.3. The van der Waals surface area contributed by atoms with E-state index in [1.807, 2.05) is 56.3 Å². The Morgan fingerprint density at radius 3 is 2.52 bits per heavy atom. The molecule has 0 spiro atoms. The van der Waals surface area contributed by atoms with E-state index in [-0.39, 0.29) is 11.2 Å². The molecule has 0 aliphatic carbocycles. The summed E-state index contributed by atoms with van der Waals surface area (Å²) < 4.78 is 0. The van der Waals surface area contributed by atoms with Gasteiger partial charge in [-0.05, 0) is 31.9 Å². The van der Waals surface area contributed by atoms with Crippen LogP contribution >= 0.6 is 11.8 Å². The number of hydrogen-bond donors (Lipinski definition) is 1. The lowest BCUT2D eigenvalue weighted by Crippen LogP contribution is -2.34. The minimum absolute atomic E-state index is 0.0368. The van der Waals surface area contributed by atoms with Gasteiger partial charge in [0.05, 0.1) is 10.8 Å². The Hall–Kier alpha value is -2.40. The molecule has 0 bridgehead atoms. The van der Waals surface area contributed by atoms with Crippen LogP contribution in [0.3, 0.4) is 0 Å². The van der Waals surface area contributed by atoms with Crippen molar-refractivity contribution in [1.82, 2.24) is 15.3 Å². The highest BCUT2D eigenvalue weighted by Gasteiger charge is 2.19. The maximum atomic E-state index is 12.6. The number of carbonyl (C=O) groups excluding carboxylic acids is 1. The first-order valence-corrected chi connectivity index (χ1v) is 10.2. The molecule has 140 valence electrons. The van der Waals surface area contributed by atoms with Gasteiger partial charge in [0.2, 0.25) is 5.91 Å². The van der Waals surface area contributed by atoms with Crippen molar-refractivity contribution in [3.05, 3.63) is 66.0 Å². The molecule has 4 nitrogen and oxygen atoms in total. The van der Waals surface area contributed by atoms with Crippen LogP contribution in [0.2, 0.25) is 0 Å². The molecule has 3 rings (SSSR count). The van der Waals surface area contributed by atoms with Gasteiger partial charge in [-0.25, -0.2) is 9.97 Å².